The van der Waals surface area contributed by atoms with E-state index in [4.69, 9.17) is 15.3 Å². The Labute approximate surface area is 197 Å². The Morgan fingerprint density at radius 2 is 1.74 bits per heavy atom. The molecule has 1 heterocycles. The molecule has 1 saturated heterocycles. The van der Waals surface area contributed by atoms with Gasteiger partial charge in [0, 0.05) is 12.1 Å². The topological polar surface area (TPSA) is 114 Å². The van der Waals surface area contributed by atoms with Crippen molar-refractivity contribution in [3.8, 4) is 17.2 Å². The molecular weight excluding hydrogens is 434 g/mol. The number of likely N-dealkylation sites (tertiary alicyclic amines) is 1. The number of hydrogen-bond donors (Lipinski definition) is 2. The number of phenols is 1. The Balaban J connectivity index is 1.83. The molecular formula is C26H25N3O5. The van der Waals surface area contributed by atoms with Crippen LogP contribution in [0, 0.1) is 5.92 Å². The maximum absolute atomic E-state index is 13.7. The first-order chi connectivity index (χ1) is 16.5. The SMILES string of the molecule is COc1ccc(C(=O)[C@@H]2/C(=N\N)C(=O)N(Cc3ccccc3)[C@H]2c2ccc(O)c(OC)c2)cc1. The average Bonchev–Trinajstić information content (AvgIpc) is 3.15. The molecule has 0 spiro atoms. The van der Waals surface area contributed by atoms with Gasteiger partial charge in [-0.05, 0) is 47.5 Å². The first kappa shape index (κ1) is 22.8. The van der Waals surface area contributed by atoms with Gasteiger partial charge in [0.1, 0.15) is 11.5 Å². The van der Waals surface area contributed by atoms with Gasteiger partial charge in [-0.2, -0.15) is 5.10 Å². The van der Waals surface area contributed by atoms with Crippen molar-refractivity contribution in [1.29, 1.82) is 0 Å². The smallest absolute Gasteiger partial charge is 0.271 e. The molecule has 1 aliphatic rings. The molecule has 3 aromatic rings. The highest BCUT2D eigenvalue weighted by molar-refractivity contribution is 6.46. The number of amides is 1. The van der Waals surface area contributed by atoms with Crippen LogP contribution in [0.3, 0.4) is 0 Å². The van der Waals surface area contributed by atoms with Crippen LogP contribution in [0.25, 0.3) is 0 Å². The Bertz CT molecular complexity index is 1220. The molecule has 0 saturated carbocycles. The third-order valence-electron chi connectivity index (χ3n) is 5.96. The van der Waals surface area contributed by atoms with Gasteiger partial charge in [-0.1, -0.05) is 36.4 Å². The number of carbonyl (C=O) groups excluding carboxylic acids is 2. The van der Waals surface area contributed by atoms with Gasteiger partial charge in [-0.15, -0.1) is 0 Å². The number of nitrogens with zero attached hydrogens (tertiary/aromatic N) is 2. The van der Waals surface area contributed by atoms with Crippen LogP contribution in [0.5, 0.6) is 17.2 Å². The van der Waals surface area contributed by atoms with Crippen LogP contribution in [0.2, 0.25) is 0 Å². The molecule has 3 N–H and O–H groups in total. The summed E-state index contributed by atoms with van der Waals surface area (Å²) in [4.78, 5) is 28.8. The van der Waals surface area contributed by atoms with E-state index in [0.29, 0.717) is 16.9 Å². The number of methoxy groups -OCH3 is 2. The largest absolute Gasteiger partial charge is 0.504 e. The van der Waals surface area contributed by atoms with Crippen LogP contribution < -0.4 is 15.3 Å². The number of ketones is 1. The molecule has 1 fully saturated rings. The predicted molar refractivity (Wildman–Crippen MR) is 127 cm³/mol. The van der Waals surface area contributed by atoms with Crippen molar-refractivity contribution in [2.24, 2.45) is 16.9 Å². The first-order valence-corrected chi connectivity index (χ1v) is 10.7. The number of aromatic hydroxyl groups is 1. The second-order valence-corrected chi connectivity index (χ2v) is 7.88. The van der Waals surface area contributed by atoms with Crippen LogP contribution in [-0.2, 0) is 11.3 Å². The zero-order chi connectivity index (χ0) is 24.2. The van der Waals surface area contributed by atoms with Crippen molar-refractivity contribution >= 4 is 17.4 Å². The van der Waals surface area contributed by atoms with Crippen LogP contribution in [-0.4, -0.2) is 41.6 Å². The lowest BCUT2D eigenvalue weighted by molar-refractivity contribution is -0.124. The second kappa shape index (κ2) is 9.66. The average molecular weight is 460 g/mol. The van der Waals surface area contributed by atoms with E-state index in [1.807, 2.05) is 30.3 Å². The molecule has 1 aliphatic heterocycles. The van der Waals surface area contributed by atoms with Crippen LogP contribution in [0.4, 0.5) is 0 Å². The molecule has 3 aromatic carbocycles. The lowest BCUT2D eigenvalue weighted by atomic mass is 9.85. The number of rotatable bonds is 7. The van der Waals surface area contributed by atoms with Crippen molar-refractivity contribution in [1.82, 2.24) is 4.90 Å². The summed E-state index contributed by atoms with van der Waals surface area (Å²) in [5, 5.41) is 13.9. The molecule has 174 valence electrons. The Morgan fingerprint density at radius 3 is 2.35 bits per heavy atom. The third kappa shape index (κ3) is 4.17. The van der Waals surface area contributed by atoms with E-state index in [2.05, 4.69) is 5.10 Å². The van der Waals surface area contributed by atoms with Crippen LogP contribution in [0.15, 0.2) is 77.9 Å². The second-order valence-electron chi connectivity index (χ2n) is 7.88. The standard InChI is InChI=1S/C26H25N3O5/c1-33-19-11-8-17(9-12-19)25(31)22-23(28-27)26(32)29(15-16-6-4-3-5-7-16)24(22)18-10-13-20(30)21(14-18)34-2/h3-14,22,24,30H,15,27H2,1-2H3/b28-23+/t22-,24+/m1/s1. The summed E-state index contributed by atoms with van der Waals surface area (Å²) >= 11 is 0. The number of phenolic OH excluding ortho intramolecular Hbond substituents is 1. The highest BCUT2D eigenvalue weighted by Crippen LogP contribution is 2.42. The van der Waals surface area contributed by atoms with Gasteiger partial charge in [0.2, 0.25) is 0 Å². The molecule has 4 rings (SSSR count). The number of benzene rings is 3. The molecule has 0 bridgehead atoms. The lowest BCUT2D eigenvalue weighted by Gasteiger charge is -2.28. The number of hydrazone groups is 1. The highest BCUT2D eigenvalue weighted by Gasteiger charge is 2.50. The van der Waals surface area contributed by atoms with E-state index in [1.54, 1.807) is 48.4 Å². The van der Waals surface area contributed by atoms with Gasteiger partial charge < -0.3 is 25.3 Å². The third-order valence-corrected chi connectivity index (χ3v) is 5.96. The summed E-state index contributed by atoms with van der Waals surface area (Å²) in [5.41, 5.74) is 1.88. The quantitative estimate of drug-likeness (QED) is 0.318. The van der Waals surface area contributed by atoms with E-state index in [9.17, 15) is 14.7 Å². The predicted octanol–water partition coefficient (Wildman–Crippen LogP) is 3.31. The molecule has 8 nitrogen and oxygen atoms in total. The Kier molecular flexibility index (Phi) is 6.49. The van der Waals surface area contributed by atoms with Crippen molar-refractivity contribution in [3.63, 3.8) is 0 Å². The summed E-state index contributed by atoms with van der Waals surface area (Å²) < 4.78 is 10.5. The van der Waals surface area contributed by atoms with Crippen molar-refractivity contribution < 1.29 is 24.2 Å². The number of Topliss-reactive ketones (excluding diaryl/α,β-unsaturated/α-hetero) is 1. The van der Waals surface area contributed by atoms with E-state index >= 15 is 0 Å². The van der Waals surface area contributed by atoms with Gasteiger partial charge in [-0.25, -0.2) is 0 Å². The lowest BCUT2D eigenvalue weighted by Crippen LogP contribution is -2.30. The molecule has 2 atom stereocenters. The molecule has 0 radical (unpaired) electrons. The highest BCUT2D eigenvalue weighted by atomic mass is 16.5. The van der Waals surface area contributed by atoms with Crippen LogP contribution >= 0.6 is 0 Å². The van der Waals surface area contributed by atoms with E-state index in [0.717, 1.165) is 5.56 Å². The Morgan fingerprint density at radius 1 is 1.03 bits per heavy atom. The molecule has 34 heavy (non-hydrogen) atoms. The summed E-state index contributed by atoms with van der Waals surface area (Å²) in [7, 11) is 2.98. The maximum Gasteiger partial charge on any atom is 0.271 e. The van der Waals surface area contributed by atoms with E-state index in [1.165, 1.54) is 13.2 Å². The first-order valence-electron chi connectivity index (χ1n) is 10.7. The summed E-state index contributed by atoms with van der Waals surface area (Å²) in [6.45, 7) is 0.249. The molecule has 8 heteroatoms. The van der Waals surface area contributed by atoms with Gasteiger partial charge >= 0.3 is 0 Å². The number of hydrogen-bond acceptors (Lipinski definition) is 7. The van der Waals surface area contributed by atoms with Crippen LogP contribution in [0.1, 0.15) is 27.5 Å². The maximum atomic E-state index is 13.7. The minimum absolute atomic E-state index is 0.0196. The number of nitrogens with two attached hydrogens (primary N) is 1. The van der Waals surface area contributed by atoms with E-state index in [-0.39, 0.29) is 29.5 Å². The van der Waals surface area contributed by atoms with Gasteiger partial charge in [0.05, 0.1) is 26.2 Å². The molecule has 0 unspecified atom stereocenters. The van der Waals surface area contributed by atoms with Gasteiger partial charge in [0.25, 0.3) is 5.91 Å². The summed E-state index contributed by atoms with van der Waals surface area (Å²) in [6.07, 6.45) is 0. The van der Waals surface area contributed by atoms with Crippen molar-refractivity contribution in [3.05, 3.63) is 89.5 Å². The van der Waals surface area contributed by atoms with Crippen molar-refractivity contribution in [2.75, 3.05) is 14.2 Å². The van der Waals surface area contributed by atoms with Gasteiger partial charge in [-0.3, -0.25) is 9.59 Å². The zero-order valence-electron chi connectivity index (χ0n) is 18.8. The molecule has 0 aliphatic carbocycles. The molecule has 0 aromatic heterocycles. The summed E-state index contributed by atoms with van der Waals surface area (Å²) in [5.74, 6) is 4.78. The Hall–Kier alpha value is -4.33. The fourth-order valence-corrected chi connectivity index (χ4v) is 4.27. The van der Waals surface area contributed by atoms with Gasteiger partial charge in [0.15, 0.2) is 17.3 Å². The minimum atomic E-state index is -0.955. The monoisotopic (exact) mass is 459 g/mol. The fourth-order valence-electron chi connectivity index (χ4n) is 4.27. The molecule has 1 amide bonds. The summed E-state index contributed by atoms with van der Waals surface area (Å²) in [6, 6.07) is 20.2. The minimum Gasteiger partial charge on any atom is -0.504 e. The van der Waals surface area contributed by atoms with E-state index < -0.39 is 17.9 Å². The fraction of sp³-hybridized carbons (Fsp3) is 0.192. The van der Waals surface area contributed by atoms with Crippen molar-refractivity contribution in [2.45, 2.75) is 12.6 Å². The number of ether oxygens (including phenoxy) is 2. The zero-order valence-corrected chi connectivity index (χ0v) is 18.8. The number of carbonyl (C=O) groups is 2. The normalized spacial score (nSPS) is 18.8.